The molecule has 3 heterocycles. The number of hydrogen-bond acceptors (Lipinski definition) is 4. The number of anilines is 4. The second-order valence-electron chi connectivity index (χ2n) is 18.3. The molecule has 0 saturated carbocycles. The molecule has 2 aromatic heterocycles. The first-order chi connectivity index (χ1) is 29.9. The van der Waals surface area contributed by atoms with E-state index in [0.29, 0.717) is 6.67 Å². The molecule has 5 nitrogen and oxygen atoms in total. The van der Waals surface area contributed by atoms with E-state index < -0.39 is 0 Å². The predicted octanol–water partition coefficient (Wildman–Crippen LogP) is 15.3. The van der Waals surface area contributed by atoms with Crippen LogP contribution in [0.3, 0.4) is 0 Å². The van der Waals surface area contributed by atoms with E-state index in [2.05, 4.69) is 195 Å². The van der Waals surface area contributed by atoms with Crippen LogP contribution in [0.4, 0.5) is 27.1 Å². The lowest BCUT2D eigenvalue weighted by atomic mass is 9.86. The zero-order valence-corrected chi connectivity index (χ0v) is 36.0. The molecule has 1 aliphatic heterocycles. The normalized spacial score (nSPS) is 13.0. The number of nitrogens with zero attached hydrogens (tertiary/aromatic N) is 4. The minimum absolute atomic E-state index is 0.0243. The van der Waals surface area contributed by atoms with E-state index in [0.717, 1.165) is 84.3 Å². The summed E-state index contributed by atoms with van der Waals surface area (Å²) in [6, 6.07) is 58.2. The van der Waals surface area contributed by atoms with Crippen LogP contribution in [0.2, 0.25) is 0 Å². The molecular weight excluding hydrogens is 764 g/mol. The lowest BCUT2D eigenvalue weighted by Crippen LogP contribution is -2.25. The summed E-state index contributed by atoms with van der Waals surface area (Å²) in [4.78, 5) is 9.67. The molecule has 62 heavy (non-hydrogen) atoms. The largest absolute Gasteiger partial charge is 0.457 e. The molecule has 0 fully saturated rings. The van der Waals surface area contributed by atoms with Crippen LogP contribution in [-0.4, -0.2) is 16.2 Å². The van der Waals surface area contributed by atoms with Crippen molar-refractivity contribution in [3.63, 3.8) is 0 Å². The van der Waals surface area contributed by atoms with Gasteiger partial charge >= 0.3 is 0 Å². The molecule has 10 rings (SSSR count). The number of rotatable bonds is 7. The quantitative estimate of drug-likeness (QED) is 0.161. The average molecular weight is 813 g/mol. The fraction of sp³-hybridized carbons (Fsp3) is 0.161. The van der Waals surface area contributed by atoms with Crippen molar-refractivity contribution in [2.45, 2.75) is 52.4 Å². The number of ether oxygens (including phenoxy) is 1. The highest BCUT2D eigenvalue weighted by atomic mass is 19.1. The lowest BCUT2D eigenvalue weighted by molar-refractivity contribution is 0.479. The molecule has 306 valence electrons. The van der Waals surface area contributed by atoms with E-state index in [1.165, 1.54) is 23.1 Å². The molecule has 0 radical (unpaired) electrons. The fourth-order valence-electron chi connectivity index (χ4n) is 8.81. The molecule has 1 aliphatic rings. The van der Waals surface area contributed by atoms with Crippen LogP contribution in [0.5, 0.6) is 11.5 Å². The van der Waals surface area contributed by atoms with Crippen molar-refractivity contribution in [1.29, 1.82) is 0 Å². The third-order valence-corrected chi connectivity index (χ3v) is 12.1. The van der Waals surface area contributed by atoms with E-state index >= 15 is 0 Å². The topological polar surface area (TPSA) is 33.5 Å². The summed E-state index contributed by atoms with van der Waals surface area (Å²) >= 11 is 0. The van der Waals surface area contributed by atoms with E-state index in [-0.39, 0.29) is 16.6 Å². The van der Waals surface area contributed by atoms with E-state index in [1.807, 2.05) is 24.4 Å². The maximum absolute atomic E-state index is 14.3. The second kappa shape index (κ2) is 15.1. The third-order valence-electron chi connectivity index (χ3n) is 12.1. The van der Waals surface area contributed by atoms with Crippen LogP contribution in [0.25, 0.3) is 49.9 Å². The zero-order chi connectivity index (χ0) is 42.8. The Balaban J connectivity index is 1.09. The van der Waals surface area contributed by atoms with E-state index in [4.69, 9.17) is 9.72 Å². The summed E-state index contributed by atoms with van der Waals surface area (Å²) in [5.41, 5.74) is 12.8. The molecule has 0 saturated heterocycles. The van der Waals surface area contributed by atoms with Crippen LogP contribution in [-0.2, 0) is 10.8 Å². The minimum Gasteiger partial charge on any atom is -0.457 e. The van der Waals surface area contributed by atoms with Gasteiger partial charge in [0.1, 0.15) is 29.8 Å². The highest BCUT2D eigenvalue weighted by molar-refractivity contribution is 6.09. The van der Waals surface area contributed by atoms with Gasteiger partial charge in [-0.1, -0.05) is 133 Å². The zero-order valence-electron chi connectivity index (χ0n) is 36.0. The number of benzene rings is 7. The smallest absolute Gasteiger partial charge is 0.137 e. The Morgan fingerprint density at radius 1 is 0.516 bits per heavy atom. The highest BCUT2D eigenvalue weighted by Gasteiger charge is 2.32. The molecule has 9 aromatic rings. The summed E-state index contributed by atoms with van der Waals surface area (Å²) in [5.74, 6) is 2.13. The number of halogens is 1. The van der Waals surface area contributed by atoms with Crippen molar-refractivity contribution >= 4 is 44.6 Å². The summed E-state index contributed by atoms with van der Waals surface area (Å²) in [6.45, 7) is 14.0. The number of aromatic nitrogens is 2. The first kappa shape index (κ1) is 39.0. The Hall–Kier alpha value is -7.18. The van der Waals surface area contributed by atoms with E-state index in [9.17, 15) is 4.39 Å². The van der Waals surface area contributed by atoms with Crippen LogP contribution in [0.15, 0.2) is 176 Å². The van der Waals surface area contributed by atoms with Gasteiger partial charge in [-0.2, -0.15) is 0 Å². The number of pyridine rings is 1. The van der Waals surface area contributed by atoms with Gasteiger partial charge in [0.05, 0.1) is 28.1 Å². The van der Waals surface area contributed by atoms with Crippen molar-refractivity contribution in [3.8, 4) is 39.6 Å². The van der Waals surface area contributed by atoms with E-state index in [1.54, 1.807) is 0 Å². The van der Waals surface area contributed by atoms with Crippen molar-refractivity contribution in [2.24, 2.45) is 0 Å². The molecule has 0 amide bonds. The average Bonchev–Trinajstić information content (AvgIpc) is 3.82. The monoisotopic (exact) mass is 812 g/mol. The van der Waals surface area contributed by atoms with Crippen LogP contribution in [0, 0.1) is 5.82 Å². The molecule has 6 heteroatoms. The van der Waals surface area contributed by atoms with Crippen LogP contribution in [0.1, 0.15) is 52.7 Å². The SMILES string of the molecule is CC(C)(C)c1cc(Oc2ccc3c4ccccc4n(-c4cc(C(C)(C)C)ccn4)c3c2)cc(N2CN(c3c(-c4ccccc4)cccc3-c3ccc(F)cc3)c3ccccc32)c1. The Morgan fingerprint density at radius 2 is 1.16 bits per heavy atom. The molecular formula is C56H49FN4O. The minimum atomic E-state index is -0.255. The van der Waals surface area contributed by atoms with Crippen molar-refractivity contribution in [1.82, 2.24) is 9.55 Å². The molecule has 7 aromatic carbocycles. The Labute approximate surface area is 363 Å². The predicted molar refractivity (Wildman–Crippen MR) is 255 cm³/mol. The summed E-state index contributed by atoms with van der Waals surface area (Å²) in [6.07, 6.45) is 1.91. The molecule has 0 unspecified atom stereocenters. The van der Waals surface area contributed by atoms with Crippen molar-refractivity contribution in [3.05, 3.63) is 193 Å². The maximum atomic E-state index is 14.3. The van der Waals surface area contributed by atoms with Gasteiger partial charge in [-0.05, 0) is 99.8 Å². The Kier molecular flexibility index (Phi) is 9.48. The molecule has 0 bridgehead atoms. The second-order valence-corrected chi connectivity index (χ2v) is 18.3. The maximum Gasteiger partial charge on any atom is 0.137 e. The number of hydrogen-bond donors (Lipinski definition) is 0. The summed E-state index contributed by atoms with van der Waals surface area (Å²) in [5, 5.41) is 2.31. The van der Waals surface area contributed by atoms with Gasteiger partial charge in [-0.15, -0.1) is 0 Å². The van der Waals surface area contributed by atoms with Crippen molar-refractivity contribution < 1.29 is 9.13 Å². The standard InChI is InChI=1S/C56H49FN4O/c1-55(2,3)39-29-30-58-53(33-39)61-49-20-11-10-17-47(49)48-28-27-43(35-52(48)61)62-44-32-40(56(4,5)6)31-42(34-44)59-36-60(51-22-13-12-21-50(51)59)54-45(37-15-8-7-9-16-37)18-14-19-46(54)38-23-25-41(57)26-24-38/h7-35H,36H2,1-6H3. The van der Waals surface area contributed by atoms with Crippen LogP contribution >= 0.6 is 0 Å². The van der Waals surface area contributed by atoms with Gasteiger partial charge in [0.2, 0.25) is 0 Å². The molecule has 0 atom stereocenters. The first-order valence-electron chi connectivity index (χ1n) is 21.3. The van der Waals surface area contributed by atoms with Crippen LogP contribution < -0.4 is 14.5 Å². The van der Waals surface area contributed by atoms with Gasteiger partial charge in [0.25, 0.3) is 0 Å². The summed E-state index contributed by atoms with van der Waals surface area (Å²) in [7, 11) is 0. The molecule has 0 N–H and O–H groups in total. The van der Waals surface area contributed by atoms with Crippen molar-refractivity contribution in [2.75, 3.05) is 16.5 Å². The fourth-order valence-corrected chi connectivity index (χ4v) is 8.81. The molecule has 0 aliphatic carbocycles. The first-order valence-corrected chi connectivity index (χ1v) is 21.3. The summed E-state index contributed by atoms with van der Waals surface area (Å²) < 4.78 is 23.5. The molecule has 0 spiro atoms. The van der Waals surface area contributed by atoms with Gasteiger partial charge in [-0.25, -0.2) is 9.37 Å². The number of fused-ring (bicyclic) bond motifs is 4. The van der Waals surface area contributed by atoms with Gasteiger partial charge in [0, 0.05) is 45.9 Å². The Bertz CT molecular complexity index is 3120. The highest BCUT2D eigenvalue weighted by Crippen LogP contribution is 2.51. The number of para-hydroxylation sites is 4. The van der Waals surface area contributed by atoms with Gasteiger partial charge < -0.3 is 14.5 Å². The lowest BCUT2D eigenvalue weighted by Gasteiger charge is -2.28. The van der Waals surface area contributed by atoms with Gasteiger partial charge in [-0.3, -0.25) is 4.57 Å². The van der Waals surface area contributed by atoms with Gasteiger partial charge in [0.15, 0.2) is 0 Å². The Morgan fingerprint density at radius 3 is 1.89 bits per heavy atom. The third kappa shape index (κ3) is 7.05.